The molecule has 0 aliphatic heterocycles. The average Bonchev–Trinajstić information content (AvgIpc) is 2.93. The van der Waals surface area contributed by atoms with E-state index in [1.807, 2.05) is 12.1 Å². The zero-order valence-electron chi connectivity index (χ0n) is 11.3. The third-order valence-electron chi connectivity index (χ3n) is 2.43. The highest BCUT2D eigenvalue weighted by Gasteiger charge is 2.08. The Kier molecular flexibility index (Phi) is 4.80. The summed E-state index contributed by atoms with van der Waals surface area (Å²) in [4.78, 5) is 28.0. The third kappa shape index (κ3) is 4.56. The molecule has 0 aliphatic carbocycles. The second-order valence-electron chi connectivity index (χ2n) is 3.97. The monoisotopic (exact) mass is 290 g/mol. The molecule has 0 atom stereocenters. The predicted octanol–water partition coefficient (Wildman–Crippen LogP) is 0.168. The largest absolute Gasteiger partial charge is 0.453 e. The van der Waals surface area contributed by atoms with Crippen molar-refractivity contribution >= 4 is 17.8 Å². The molecular formula is C12H14N6O3. The molecular weight excluding hydrogens is 276 g/mol. The predicted molar refractivity (Wildman–Crippen MR) is 72.1 cm³/mol. The number of amides is 2. The molecule has 2 rings (SSSR count). The summed E-state index contributed by atoms with van der Waals surface area (Å²) in [7, 11) is 1.24. The highest BCUT2D eigenvalue weighted by atomic mass is 16.5. The number of methoxy groups -OCH3 is 1. The lowest BCUT2D eigenvalue weighted by atomic mass is 10.3. The van der Waals surface area contributed by atoms with Crippen LogP contribution in [0.2, 0.25) is 0 Å². The molecule has 0 saturated heterocycles. The van der Waals surface area contributed by atoms with Gasteiger partial charge < -0.3 is 10.1 Å². The van der Waals surface area contributed by atoms with E-state index in [1.54, 1.807) is 12.3 Å². The number of anilines is 1. The highest BCUT2D eigenvalue weighted by molar-refractivity contribution is 5.82. The maximum Gasteiger partial charge on any atom is 0.412 e. The molecule has 0 unspecified atom stereocenters. The number of aromatic nitrogens is 4. The van der Waals surface area contributed by atoms with Gasteiger partial charge in [0.15, 0.2) is 5.82 Å². The number of ether oxygens (including phenoxy) is 1. The van der Waals surface area contributed by atoms with Crippen molar-refractivity contribution in [3.05, 3.63) is 36.3 Å². The fraction of sp³-hybridized carbons (Fsp3) is 0.250. The van der Waals surface area contributed by atoms with Gasteiger partial charge in [0.2, 0.25) is 5.91 Å². The van der Waals surface area contributed by atoms with Gasteiger partial charge in [0.25, 0.3) is 0 Å². The molecule has 21 heavy (non-hydrogen) atoms. The topological polar surface area (TPSA) is 111 Å². The number of carbonyl (C=O) groups is 2. The van der Waals surface area contributed by atoms with E-state index in [4.69, 9.17) is 0 Å². The zero-order valence-corrected chi connectivity index (χ0v) is 11.3. The molecule has 2 aromatic heterocycles. The Morgan fingerprint density at radius 3 is 2.95 bits per heavy atom. The summed E-state index contributed by atoms with van der Waals surface area (Å²) in [6, 6.07) is 5.45. The maximum absolute atomic E-state index is 11.7. The molecule has 0 aromatic carbocycles. The summed E-state index contributed by atoms with van der Waals surface area (Å²) in [5.74, 6) is -0.0553. The SMILES string of the molecule is COC(=O)Nc1cnn(CC(=O)NCc2ccccn2)n1. The first-order valence-electron chi connectivity index (χ1n) is 6.09. The van der Waals surface area contributed by atoms with Gasteiger partial charge in [0.1, 0.15) is 6.54 Å². The number of nitrogens with zero attached hydrogens (tertiary/aromatic N) is 4. The smallest absolute Gasteiger partial charge is 0.412 e. The van der Waals surface area contributed by atoms with Crippen molar-refractivity contribution in [2.24, 2.45) is 0 Å². The van der Waals surface area contributed by atoms with Crippen LogP contribution in [0, 0.1) is 0 Å². The van der Waals surface area contributed by atoms with Crippen molar-refractivity contribution in [2.75, 3.05) is 12.4 Å². The number of carbonyl (C=O) groups excluding carboxylic acids is 2. The van der Waals surface area contributed by atoms with Crippen LogP contribution in [0.1, 0.15) is 5.69 Å². The van der Waals surface area contributed by atoms with Crippen molar-refractivity contribution in [1.82, 2.24) is 25.3 Å². The van der Waals surface area contributed by atoms with Crippen LogP contribution < -0.4 is 10.6 Å². The van der Waals surface area contributed by atoms with E-state index in [-0.39, 0.29) is 18.3 Å². The standard InChI is InChI=1S/C12H14N6O3/c1-21-12(20)16-10-7-15-18(17-10)8-11(19)14-6-9-4-2-3-5-13-9/h2-5,7H,6,8H2,1H3,(H,14,19)(H,16,17,20). The second kappa shape index (κ2) is 6.98. The van der Waals surface area contributed by atoms with Crippen LogP contribution in [0.5, 0.6) is 0 Å². The van der Waals surface area contributed by atoms with Crippen molar-refractivity contribution in [2.45, 2.75) is 13.1 Å². The van der Waals surface area contributed by atoms with Crippen molar-refractivity contribution in [3.8, 4) is 0 Å². The number of rotatable bonds is 5. The van der Waals surface area contributed by atoms with E-state index < -0.39 is 6.09 Å². The van der Waals surface area contributed by atoms with Crippen LogP contribution in [0.3, 0.4) is 0 Å². The molecule has 0 spiro atoms. The summed E-state index contributed by atoms with van der Waals surface area (Å²) in [5, 5.41) is 12.8. The lowest BCUT2D eigenvalue weighted by Crippen LogP contribution is -2.28. The fourth-order valence-corrected chi connectivity index (χ4v) is 1.46. The molecule has 9 nitrogen and oxygen atoms in total. The molecule has 2 aromatic rings. The normalized spacial score (nSPS) is 9.95. The summed E-state index contributed by atoms with van der Waals surface area (Å²) < 4.78 is 4.42. The van der Waals surface area contributed by atoms with Gasteiger partial charge in [-0.3, -0.25) is 15.1 Å². The lowest BCUT2D eigenvalue weighted by Gasteiger charge is -2.04. The molecule has 2 N–H and O–H groups in total. The molecule has 9 heteroatoms. The Hall–Kier alpha value is -2.97. The molecule has 0 bridgehead atoms. The van der Waals surface area contributed by atoms with E-state index in [2.05, 4.69) is 30.6 Å². The minimum Gasteiger partial charge on any atom is -0.453 e. The van der Waals surface area contributed by atoms with E-state index in [1.165, 1.54) is 18.1 Å². The van der Waals surface area contributed by atoms with Crippen LogP contribution in [-0.2, 0) is 22.6 Å². The summed E-state index contributed by atoms with van der Waals surface area (Å²) in [6.07, 6.45) is 2.33. The van der Waals surface area contributed by atoms with E-state index in [0.29, 0.717) is 6.54 Å². The van der Waals surface area contributed by atoms with E-state index >= 15 is 0 Å². The highest BCUT2D eigenvalue weighted by Crippen LogP contribution is 1.99. The molecule has 0 saturated carbocycles. The summed E-state index contributed by atoms with van der Waals surface area (Å²) in [5.41, 5.74) is 0.757. The fourth-order valence-electron chi connectivity index (χ4n) is 1.46. The first-order valence-corrected chi connectivity index (χ1v) is 6.09. The average molecular weight is 290 g/mol. The molecule has 0 aliphatic rings. The van der Waals surface area contributed by atoms with Gasteiger partial charge in [-0.2, -0.15) is 9.90 Å². The van der Waals surface area contributed by atoms with Gasteiger partial charge in [0.05, 0.1) is 25.5 Å². The van der Waals surface area contributed by atoms with Crippen LogP contribution in [0.4, 0.5) is 10.6 Å². The third-order valence-corrected chi connectivity index (χ3v) is 2.43. The molecule has 110 valence electrons. The Bertz CT molecular complexity index is 612. The molecule has 0 fully saturated rings. The van der Waals surface area contributed by atoms with Crippen molar-refractivity contribution < 1.29 is 14.3 Å². The minimum atomic E-state index is -0.651. The van der Waals surface area contributed by atoms with Gasteiger partial charge in [0, 0.05) is 6.20 Å². The van der Waals surface area contributed by atoms with Crippen LogP contribution in [0.25, 0.3) is 0 Å². The Balaban J connectivity index is 1.81. The van der Waals surface area contributed by atoms with Gasteiger partial charge in [-0.1, -0.05) is 6.07 Å². The number of pyridine rings is 1. The van der Waals surface area contributed by atoms with Gasteiger partial charge in [-0.05, 0) is 12.1 Å². The van der Waals surface area contributed by atoms with E-state index in [9.17, 15) is 9.59 Å². The first kappa shape index (κ1) is 14.4. The lowest BCUT2D eigenvalue weighted by molar-refractivity contribution is -0.122. The van der Waals surface area contributed by atoms with Crippen LogP contribution >= 0.6 is 0 Å². The Labute approximate surface area is 120 Å². The number of hydrogen-bond acceptors (Lipinski definition) is 6. The van der Waals surface area contributed by atoms with Gasteiger partial charge >= 0.3 is 6.09 Å². The molecule has 2 amide bonds. The Morgan fingerprint density at radius 2 is 2.24 bits per heavy atom. The van der Waals surface area contributed by atoms with Gasteiger partial charge in [-0.15, -0.1) is 5.10 Å². The summed E-state index contributed by atoms with van der Waals surface area (Å²) in [6.45, 7) is 0.268. The second-order valence-corrected chi connectivity index (χ2v) is 3.97. The summed E-state index contributed by atoms with van der Waals surface area (Å²) >= 11 is 0. The van der Waals surface area contributed by atoms with Crippen molar-refractivity contribution in [1.29, 1.82) is 0 Å². The maximum atomic E-state index is 11.7. The Morgan fingerprint density at radius 1 is 1.38 bits per heavy atom. The van der Waals surface area contributed by atoms with Crippen LogP contribution in [-0.4, -0.2) is 39.1 Å². The van der Waals surface area contributed by atoms with Crippen molar-refractivity contribution in [3.63, 3.8) is 0 Å². The number of hydrogen-bond donors (Lipinski definition) is 2. The quantitative estimate of drug-likeness (QED) is 0.812. The van der Waals surface area contributed by atoms with Gasteiger partial charge in [-0.25, -0.2) is 4.79 Å². The molecule has 0 radical (unpaired) electrons. The zero-order chi connectivity index (χ0) is 15.1. The molecule has 2 heterocycles. The van der Waals surface area contributed by atoms with E-state index in [0.717, 1.165) is 5.69 Å². The number of nitrogens with one attached hydrogen (secondary N) is 2. The first-order chi connectivity index (χ1) is 10.2. The van der Waals surface area contributed by atoms with Crippen LogP contribution in [0.15, 0.2) is 30.6 Å². The minimum absolute atomic E-state index is 0.0598.